The first-order valence-electron chi connectivity index (χ1n) is 5.19. The SMILES string of the molecule is COc1ccc(F)cc1C(NN)c1ccoc1Br. The molecule has 96 valence electrons. The predicted molar refractivity (Wildman–Crippen MR) is 68.5 cm³/mol. The van der Waals surface area contributed by atoms with Crippen molar-refractivity contribution in [2.75, 3.05) is 7.11 Å². The number of nitrogens with two attached hydrogens (primary N) is 1. The Morgan fingerprint density at radius 2 is 2.17 bits per heavy atom. The van der Waals surface area contributed by atoms with Gasteiger partial charge in [-0.3, -0.25) is 5.84 Å². The molecular weight excluding hydrogens is 303 g/mol. The van der Waals surface area contributed by atoms with Gasteiger partial charge in [0, 0.05) is 11.1 Å². The number of furan rings is 1. The minimum absolute atomic E-state index is 0.356. The summed E-state index contributed by atoms with van der Waals surface area (Å²) < 4.78 is 24.3. The molecule has 1 aromatic heterocycles. The minimum atomic E-state index is -0.427. The Labute approximate surface area is 112 Å². The molecule has 0 aliphatic carbocycles. The maximum absolute atomic E-state index is 13.4. The Morgan fingerprint density at radius 3 is 2.72 bits per heavy atom. The van der Waals surface area contributed by atoms with Crippen LogP contribution in [0.3, 0.4) is 0 Å². The van der Waals surface area contributed by atoms with E-state index in [1.807, 2.05) is 0 Å². The van der Waals surface area contributed by atoms with E-state index in [9.17, 15) is 4.39 Å². The van der Waals surface area contributed by atoms with Crippen LogP contribution in [-0.2, 0) is 0 Å². The molecule has 2 rings (SSSR count). The molecule has 0 radical (unpaired) electrons. The van der Waals surface area contributed by atoms with Gasteiger partial charge >= 0.3 is 0 Å². The third-order valence-corrected chi connectivity index (χ3v) is 3.27. The Morgan fingerprint density at radius 1 is 1.39 bits per heavy atom. The van der Waals surface area contributed by atoms with Gasteiger partial charge in [0.2, 0.25) is 0 Å². The molecule has 1 heterocycles. The van der Waals surface area contributed by atoms with Crippen LogP contribution in [0.1, 0.15) is 17.2 Å². The molecule has 3 N–H and O–H groups in total. The Balaban J connectivity index is 2.51. The number of ether oxygens (including phenoxy) is 1. The summed E-state index contributed by atoms with van der Waals surface area (Å²) in [4.78, 5) is 0. The smallest absolute Gasteiger partial charge is 0.174 e. The van der Waals surface area contributed by atoms with Crippen LogP contribution in [0, 0.1) is 5.82 Å². The van der Waals surface area contributed by atoms with E-state index in [4.69, 9.17) is 15.0 Å². The lowest BCUT2D eigenvalue weighted by Gasteiger charge is -2.18. The van der Waals surface area contributed by atoms with Gasteiger partial charge in [0.05, 0.1) is 19.4 Å². The highest BCUT2D eigenvalue weighted by Crippen LogP contribution is 2.34. The van der Waals surface area contributed by atoms with Gasteiger partial charge in [-0.1, -0.05) is 0 Å². The predicted octanol–water partition coefficient (Wildman–Crippen LogP) is 2.74. The topological polar surface area (TPSA) is 60.4 Å². The van der Waals surface area contributed by atoms with E-state index in [1.54, 1.807) is 12.1 Å². The first-order valence-corrected chi connectivity index (χ1v) is 5.99. The lowest BCUT2D eigenvalue weighted by atomic mass is 10.0. The fraction of sp³-hybridized carbons (Fsp3) is 0.167. The summed E-state index contributed by atoms with van der Waals surface area (Å²) in [5.41, 5.74) is 3.99. The summed E-state index contributed by atoms with van der Waals surface area (Å²) in [6.45, 7) is 0. The number of methoxy groups -OCH3 is 1. The molecule has 0 bridgehead atoms. The minimum Gasteiger partial charge on any atom is -0.496 e. The maximum Gasteiger partial charge on any atom is 0.174 e. The zero-order valence-corrected chi connectivity index (χ0v) is 11.2. The monoisotopic (exact) mass is 314 g/mol. The molecule has 6 heteroatoms. The molecule has 0 amide bonds. The first-order chi connectivity index (χ1) is 8.67. The number of hydrogen-bond acceptors (Lipinski definition) is 4. The molecule has 1 atom stereocenters. The van der Waals surface area contributed by atoms with Gasteiger partial charge < -0.3 is 9.15 Å². The Hall–Kier alpha value is -1.37. The van der Waals surface area contributed by atoms with Crippen molar-refractivity contribution in [2.24, 2.45) is 5.84 Å². The van der Waals surface area contributed by atoms with Crippen molar-refractivity contribution in [3.8, 4) is 5.75 Å². The van der Waals surface area contributed by atoms with Crippen LogP contribution < -0.4 is 16.0 Å². The van der Waals surface area contributed by atoms with E-state index in [0.717, 1.165) is 5.56 Å². The van der Waals surface area contributed by atoms with Crippen LogP contribution in [0.5, 0.6) is 5.75 Å². The van der Waals surface area contributed by atoms with Crippen molar-refractivity contribution in [1.82, 2.24) is 5.43 Å². The fourth-order valence-corrected chi connectivity index (χ4v) is 2.26. The molecule has 0 spiro atoms. The largest absolute Gasteiger partial charge is 0.496 e. The molecule has 1 unspecified atom stereocenters. The summed E-state index contributed by atoms with van der Waals surface area (Å²) in [6.07, 6.45) is 1.52. The van der Waals surface area contributed by atoms with Crippen molar-refractivity contribution in [3.63, 3.8) is 0 Å². The van der Waals surface area contributed by atoms with Crippen LogP contribution in [0.25, 0.3) is 0 Å². The summed E-state index contributed by atoms with van der Waals surface area (Å²) in [5, 5.41) is 0. The fourth-order valence-electron chi connectivity index (χ4n) is 1.79. The van der Waals surface area contributed by atoms with Crippen LogP contribution in [0.4, 0.5) is 4.39 Å². The summed E-state index contributed by atoms with van der Waals surface area (Å²) in [7, 11) is 1.52. The van der Waals surface area contributed by atoms with E-state index >= 15 is 0 Å². The van der Waals surface area contributed by atoms with Gasteiger partial charge in [-0.15, -0.1) is 0 Å². The number of rotatable bonds is 4. The van der Waals surface area contributed by atoms with Crippen LogP contribution in [0.15, 0.2) is 39.6 Å². The Kier molecular flexibility index (Phi) is 4.00. The second-order valence-corrected chi connectivity index (χ2v) is 4.36. The zero-order valence-electron chi connectivity index (χ0n) is 9.61. The van der Waals surface area contributed by atoms with Gasteiger partial charge in [0.1, 0.15) is 11.6 Å². The van der Waals surface area contributed by atoms with Crippen molar-refractivity contribution < 1.29 is 13.5 Å². The average Bonchev–Trinajstić information content (AvgIpc) is 2.77. The number of nitrogens with one attached hydrogen (secondary N) is 1. The zero-order chi connectivity index (χ0) is 13.1. The first kappa shape index (κ1) is 13.1. The quantitative estimate of drug-likeness (QED) is 0.673. The van der Waals surface area contributed by atoms with E-state index in [-0.39, 0.29) is 5.82 Å². The molecule has 0 aliphatic heterocycles. The standard InChI is InChI=1S/C12H12BrFN2O2/c1-17-10-3-2-7(14)6-9(10)11(16-15)8-4-5-18-12(8)13/h2-6,11,16H,15H2,1H3. The molecule has 0 saturated heterocycles. The van der Waals surface area contributed by atoms with Crippen molar-refractivity contribution in [3.05, 3.63) is 52.1 Å². The van der Waals surface area contributed by atoms with Crippen LogP contribution in [0.2, 0.25) is 0 Å². The van der Waals surface area contributed by atoms with E-state index < -0.39 is 6.04 Å². The van der Waals surface area contributed by atoms with Gasteiger partial charge in [0.25, 0.3) is 0 Å². The Bertz CT molecular complexity index is 545. The second-order valence-electron chi connectivity index (χ2n) is 3.64. The molecular formula is C12H12BrFN2O2. The maximum atomic E-state index is 13.4. The number of hydrazine groups is 1. The third kappa shape index (κ3) is 2.40. The number of halogens is 2. The summed E-state index contributed by atoms with van der Waals surface area (Å²) in [6, 6.07) is 5.59. The molecule has 0 fully saturated rings. The van der Waals surface area contributed by atoms with Crippen molar-refractivity contribution >= 4 is 15.9 Å². The van der Waals surface area contributed by atoms with Crippen molar-refractivity contribution in [1.29, 1.82) is 0 Å². The summed E-state index contributed by atoms with van der Waals surface area (Å²) in [5.74, 6) is 5.74. The highest BCUT2D eigenvalue weighted by Gasteiger charge is 2.21. The number of hydrogen-bond donors (Lipinski definition) is 2. The van der Waals surface area contributed by atoms with E-state index in [0.29, 0.717) is 16.0 Å². The van der Waals surface area contributed by atoms with Gasteiger partial charge in [-0.05, 0) is 40.2 Å². The molecule has 0 aliphatic rings. The lowest BCUT2D eigenvalue weighted by Crippen LogP contribution is -2.29. The van der Waals surface area contributed by atoms with Gasteiger partial charge in [-0.2, -0.15) is 0 Å². The molecule has 2 aromatic rings. The molecule has 0 saturated carbocycles. The lowest BCUT2D eigenvalue weighted by molar-refractivity contribution is 0.402. The van der Waals surface area contributed by atoms with Crippen molar-refractivity contribution in [2.45, 2.75) is 6.04 Å². The highest BCUT2D eigenvalue weighted by atomic mass is 79.9. The second kappa shape index (κ2) is 5.51. The molecule has 18 heavy (non-hydrogen) atoms. The van der Waals surface area contributed by atoms with E-state index in [2.05, 4.69) is 21.4 Å². The highest BCUT2D eigenvalue weighted by molar-refractivity contribution is 9.10. The van der Waals surface area contributed by atoms with Gasteiger partial charge in [-0.25, -0.2) is 9.82 Å². The normalized spacial score (nSPS) is 12.4. The van der Waals surface area contributed by atoms with Crippen LogP contribution >= 0.6 is 15.9 Å². The average molecular weight is 315 g/mol. The molecule has 4 nitrogen and oxygen atoms in total. The van der Waals surface area contributed by atoms with Gasteiger partial charge in [0.15, 0.2) is 4.67 Å². The van der Waals surface area contributed by atoms with Crippen LogP contribution in [-0.4, -0.2) is 7.11 Å². The third-order valence-electron chi connectivity index (χ3n) is 2.63. The molecule has 1 aromatic carbocycles. The number of benzene rings is 1. The summed E-state index contributed by atoms with van der Waals surface area (Å²) >= 11 is 3.27. The van der Waals surface area contributed by atoms with E-state index in [1.165, 1.54) is 25.5 Å².